The molecule has 0 radical (unpaired) electrons. The Balaban J connectivity index is 3.89. The van der Waals surface area contributed by atoms with Crippen LogP contribution in [0.25, 0.3) is 0 Å². The third-order valence-electron chi connectivity index (χ3n) is 1.58. The standard InChI is InChI=1S/C7H17NO5S/c1-12-6-7(13-2)5-8-14(10,11)4-3-9/h7-9H,3-6H2,1-2H3. The van der Waals surface area contributed by atoms with Gasteiger partial charge in [0.25, 0.3) is 0 Å². The van der Waals surface area contributed by atoms with Crippen LogP contribution in [0.5, 0.6) is 0 Å². The van der Waals surface area contributed by atoms with Crippen molar-refractivity contribution in [3.05, 3.63) is 0 Å². The smallest absolute Gasteiger partial charge is 0.213 e. The van der Waals surface area contributed by atoms with E-state index in [-0.39, 0.29) is 18.4 Å². The van der Waals surface area contributed by atoms with Gasteiger partial charge in [0, 0.05) is 20.8 Å². The molecule has 0 rings (SSSR count). The monoisotopic (exact) mass is 227 g/mol. The summed E-state index contributed by atoms with van der Waals surface area (Å²) >= 11 is 0. The zero-order valence-corrected chi connectivity index (χ0v) is 9.21. The fourth-order valence-corrected chi connectivity index (χ4v) is 1.63. The molecule has 0 saturated heterocycles. The van der Waals surface area contributed by atoms with Crippen molar-refractivity contribution in [3.63, 3.8) is 0 Å². The fraction of sp³-hybridized carbons (Fsp3) is 1.00. The number of nitrogens with one attached hydrogen (secondary N) is 1. The Labute approximate surface area is 84.3 Å². The molecule has 0 amide bonds. The summed E-state index contributed by atoms with van der Waals surface area (Å²) in [4.78, 5) is 0. The number of hydrogen-bond acceptors (Lipinski definition) is 5. The van der Waals surface area contributed by atoms with Gasteiger partial charge in [-0.25, -0.2) is 13.1 Å². The molecule has 1 atom stereocenters. The summed E-state index contributed by atoms with van der Waals surface area (Å²) in [6.07, 6.45) is -0.312. The highest BCUT2D eigenvalue weighted by molar-refractivity contribution is 7.89. The lowest BCUT2D eigenvalue weighted by Gasteiger charge is -2.14. The van der Waals surface area contributed by atoms with Crippen LogP contribution in [0.15, 0.2) is 0 Å². The molecular formula is C7H17NO5S. The molecule has 0 fully saturated rings. The number of aliphatic hydroxyl groups excluding tert-OH is 1. The second-order valence-electron chi connectivity index (χ2n) is 2.70. The zero-order valence-electron chi connectivity index (χ0n) is 8.39. The molecule has 0 aromatic rings. The van der Waals surface area contributed by atoms with E-state index in [1.165, 1.54) is 14.2 Å². The summed E-state index contributed by atoms with van der Waals surface area (Å²) in [5.41, 5.74) is 0. The van der Waals surface area contributed by atoms with E-state index < -0.39 is 16.6 Å². The van der Waals surface area contributed by atoms with E-state index in [2.05, 4.69) is 4.72 Å². The quantitative estimate of drug-likeness (QED) is 0.530. The lowest BCUT2D eigenvalue weighted by Crippen LogP contribution is -2.37. The van der Waals surface area contributed by atoms with Gasteiger partial charge in [-0.3, -0.25) is 0 Å². The van der Waals surface area contributed by atoms with Gasteiger partial charge in [0.2, 0.25) is 10.0 Å². The van der Waals surface area contributed by atoms with E-state index >= 15 is 0 Å². The van der Waals surface area contributed by atoms with Crippen LogP contribution in [0.1, 0.15) is 0 Å². The molecule has 0 spiro atoms. The van der Waals surface area contributed by atoms with Crippen LogP contribution in [0.4, 0.5) is 0 Å². The first-order valence-corrected chi connectivity index (χ1v) is 5.81. The third kappa shape index (κ3) is 6.28. The highest BCUT2D eigenvalue weighted by Crippen LogP contribution is 1.91. The molecule has 0 aromatic heterocycles. The van der Waals surface area contributed by atoms with Gasteiger partial charge < -0.3 is 14.6 Å². The number of sulfonamides is 1. The zero-order chi connectivity index (χ0) is 11.0. The van der Waals surface area contributed by atoms with Crippen LogP contribution in [0.2, 0.25) is 0 Å². The van der Waals surface area contributed by atoms with E-state index in [0.29, 0.717) is 6.61 Å². The van der Waals surface area contributed by atoms with E-state index in [1.54, 1.807) is 0 Å². The Hall–Kier alpha value is -0.210. The van der Waals surface area contributed by atoms with Gasteiger partial charge in [0.05, 0.1) is 25.1 Å². The predicted octanol–water partition coefficient (Wildman–Crippen LogP) is -1.44. The van der Waals surface area contributed by atoms with Crippen molar-refractivity contribution in [1.82, 2.24) is 4.72 Å². The van der Waals surface area contributed by atoms with Gasteiger partial charge in [-0.2, -0.15) is 0 Å². The first-order valence-electron chi connectivity index (χ1n) is 4.15. The average Bonchev–Trinajstić information content (AvgIpc) is 2.12. The van der Waals surface area contributed by atoms with Crippen molar-refractivity contribution in [2.24, 2.45) is 0 Å². The van der Waals surface area contributed by atoms with Crippen LogP contribution in [0.3, 0.4) is 0 Å². The molecule has 14 heavy (non-hydrogen) atoms. The molecule has 1 unspecified atom stereocenters. The lowest BCUT2D eigenvalue weighted by atomic mass is 10.4. The molecule has 0 saturated carbocycles. The minimum Gasteiger partial charge on any atom is -0.395 e. The van der Waals surface area contributed by atoms with Gasteiger partial charge in [0.1, 0.15) is 0 Å². The second kappa shape index (κ2) is 7.13. The van der Waals surface area contributed by atoms with Crippen LogP contribution in [-0.4, -0.2) is 59.4 Å². The molecule has 7 heteroatoms. The minimum absolute atomic E-state index is 0.146. The predicted molar refractivity (Wildman–Crippen MR) is 51.5 cm³/mol. The minimum atomic E-state index is -3.39. The molecule has 0 aliphatic carbocycles. The largest absolute Gasteiger partial charge is 0.395 e. The Morgan fingerprint density at radius 3 is 2.50 bits per heavy atom. The fourth-order valence-electron chi connectivity index (χ4n) is 0.808. The maximum atomic E-state index is 11.1. The molecule has 0 bridgehead atoms. The summed E-state index contributed by atoms with van der Waals surface area (Å²) in [6.45, 7) is 0.0715. The number of aliphatic hydroxyl groups is 1. The van der Waals surface area contributed by atoms with Crippen molar-refractivity contribution in [3.8, 4) is 0 Å². The molecule has 86 valence electrons. The van der Waals surface area contributed by atoms with Crippen LogP contribution < -0.4 is 4.72 Å². The normalized spacial score (nSPS) is 14.2. The molecule has 0 heterocycles. The van der Waals surface area contributed by atoms with Crippen molar-refractivity contribution < 1.29 is 23.0 Å². The molecule has 2 N–H and O–H groups in total. The van der Waals surface area contributed by atoms with Gasteiger partial charge in [0.15, 0.2) is 0 Å². The second-order valence-corrected chi connectivity index (χ2v) is 4.63. The number of methoxy groups -OCH3 is 2. The van der Waals surface area contributed by atoms with Crippen LogP contribution in [0, 0.1) is 0 Å². The summed E-state index contributed by atoms with van der Waals surface area (Å²) in [5, 5.41) is 8.45. The van der Waals surface area contributed by atoms with E-state index in [9.17, 15) is 8.42 Å². The van der Waals surface area contributed by atoms with Gasteiger partial charge in [-0.05, 0) is 0 Å². The summed E-state index contributed by atoms with van der Waals surface area (Å²) in [7, 11) is -0.406. The van der Waals surface area contributed by atoms with E-state index in [0.717, 1.165) is 0 Å². The highest BCUT2D eigenvalue weighted by atomic mass is 32.2. The molecule has 0 aliphatic heterocycles. The topological polar surface area (TPSA) is 84.9 Å². The van der Waals surface area contributed by atoms with E-state index in [4.69, 9.17) is 14.6 Å². The number of rotatable bonds is 8. The van der Waals surface area contributed by atoms with Crippen molar-refractivity contribution in [1.29, 1.82) is 0 Å². The van der Waals surface area contributed by atoms with Crippen molar-refractivity contribution in [2.75, 3.05) is 39.7 Å². The van der Waals surface area contributed by atoms with Gasteiger partial charge >= 0.3 is 0 Å². The van der Waals surface area contributed by atoms with E-state index in [1.807, 2.05) is 0 Å². The Kier molecular flexibility index (Phi) is 7.02. The highest BCUT2D eigenvalue weighted by Gasteiger charge is 2.13. The molecule has 0 aromatic carbocycles. The maximum Gasteiger partial charge on any atom is 0.213 e. The number of hydrogen-bond donors (Lipinski definition) is 2. The first kappa shape index (κ1) is 13.8. The maximum absolute atomic E-state index is 11.1. The SMILES string of the molecule is COCC(CNS(=O)(=O)CCO)OC. The van der Waals surface area contributed by atoms with Crippen LogP contribution in [-0.2, 0) is 19.5 Å². The third-order valence-corrected chi connectivity index (χ3v) is 2.90. The summed E-state index contributed by atoms with van der Waals surface area (Å²) in [5.74, 6) is -0.295. The number of ether oxygens (including phenoxy) is 2. The molecule has 6 nitrogen and oxygen atoms in total. The van der Waals surface area contributed by atoms with Crippen LogP contribution >= 0.6 is 0 Å². The summed E-state index contributed by atoms with van der Waals surface area (Å²) < 4.78 is 34.2. The first-order chi connectivity index (χ1) is 6.55. The molecule has 0 aliphatic rings. The summed E-state index contributed by atoms with van der Waals surface area (Å²) in [6, 6.07) is 0. The molecular weight excluding hydrogens is 210 g/mol. The lowest BCUT2D eigenvalue weighted by molar-refractivity contribution is 0.0320. The Bertz CT molecular complexity index is 228. The van der Waals surface area contributed by atoms with Gasteiger partial charge in [-0.1, -0.05) is 0 Å². The van der Waals surface area contributed by atoms with Crippen molar-refractivity contribution >= 4 is 10.0 Å². The Morgan fingerprint density at radius 1 is 1.43 bits per heavy atom. The Morgan fingerprint density at radius 2 is 2.07 bits per heavy atom. The van der Waals surface area contributed by atoms with Gasteiger partial charge in [-0.15, -0.1) is 0 Å². The average molecular weight is 227 g/mol. The van der Waals surface area contributed by atoms with Crippen molar-refractivity contribution in [2.45, 2.75) is 6.10 Å².